The zero-order valence-corrected chi connectivity index (χ0v) is 10.1. The molecule has 1 aromatic rings. The minimum atomic E-state index is -2.74. The summed E-state index contributed by atoms with van der Waals surface area (Å²) >= 11 is 0. The van der Waals surface area contributed by atoms with Crippen molar-refractivity contribution >= 4 is 17.9 Å². The Labute approximate surface area is 107 Å². The molecule has 0 amide bonds. The van der Waals surface area contributed by atoms with Gasteiger partial charge in [-0.15, -0.1) is 0 Å². The van der Waals surface area contributed by atoms with Crippen LogP contribution >= 0.6 is 0 Å². The Morgan fingerprint density at radius 2 is 1.63 bits per heavy atom. The van der Waals surface area contributed by atoms with E-state index in [4.69, 9.17) is 20.4 Å². The second kappa shape index (κ2) is 7.11. The monoisotopic (exact) mass is 274 g/mol. The summed E-state index contributed by atoms with van der Waals surface area (Å²) < 4.78 is 1.75. The van der Waals surface area contributed by atoms with Crippen LogP contribution in [0.3, 0.4) is 0 Å². The van der Waals surface area contributed by atoms with E-state index in [9.17, 15) is 14.4 Å². The third-order valence-corrected chi connectivity index (χ3v) is 1.92. The van der Waals surface area contributed by atoms with Crippen LogP contribution in [0, 0.1) is 0 Å². The summed E-state index contributed by atoms with van der Waals surface area (Å²) in [5, 5.41) is 37.6. The summed E-state index contributed by atoms with van der Waals surface area (Å²) in [5.74, 6) is -5.02. The van der Waals surface area contributed by atoms with Crippen molar-refractivity contribution in [3.8, 4) is 0 Å². The highest BCUT2D eigenvalue weighted by Gasteiger charge is 2.40. The van der Waals surface area contributed by atoms with Crippen molar-refractivity contribution in [2.75, 3.05) is 0 Å². The molecule has 0 unspecified atom stereocenters. The maximum Gasteiger partial charge on any atom is 0.336 e. The van der Waals surface area contributed by atoms with E-state index in [1.165, 1.54) is 0 Å². The topological polar surface area (TPSA) is 150 Å². The summed E-state index contributed by atoms with van der Waals surface area (Å²) in [7, 11) is 1.89. The lowest BCUT2D eigenvalue weighted by Crippen LogP contribution is -2.42. The predicted molar refractivity (Wildman–Crippen MR) is 60.3 cm³/mol. The van der Waals surface area contributed by atoms with Gasteiger partial charge >= 0.3 is 17.9 Å². The van der Waals surface area contributed by atoms with Crippen LogP contribution in [0.1, 0.15) is 12.8 Å². The molecule has 9 heteroatoms. The predicted octanol–water partition coefficient (Wildman–Crippen LogP) is -0.828. The van der Waals surface area contributed by atoms with Crippen LogP contribution in [0.15, 0.2) is 18.5 Å². The van der Waals surface area contributed by atoms with Gasteiger partial charge in [-0.05, 0) is 6.07 Å². The lowest BCUT2D eigenvalue weighted by molar-refractivity contribution is -0.170. The molecule has 0 aliphatic heterocycles. The van der Waals surface area contributed by atoms with Crippen molar-refractivity contribution in [1.29, 1.82) is 0 Å². The lowest BCUT2D eigenvalue weighted by Gasteiger charge is -2.18. The maximum atomic E-state index is 10.3. The van der Waals surface area contributed by atoms with Gasteiger partial charge in [0, 0.05) is 19.4 Å². The van der Waals surface area contributed by atoms with E-state index in [0.717, 1.165) is 0 Å². The number of nitrogens with zero attached hydrogens (tertiary/aromatic N) is 2. The average Bonchev–Trinajstić information content (AvgIpc) is 2.67. The number of carboxylic acid groups (broad SMARTS) is 3. The van der Waals surface area contributed by atoms with Gasteiger partial charge in [-0.1, -0.05) is 0 Å². The normalized spacial score (nSPS) is 10.2. The van der Waals surface area contributed by atoms with E-state index in [1.807, 2.05) is 19.3 Å². The Balaban J connectivity index is 0.000000443. The molecule has 1 heterocycles. The van der Waals surface area contributed by atoms with Gasteiger partial charge in [0.2, 0.25) is 0 Å². The quantitative estimate of drug-likeness (QED) is 0.543. The SMILES string of the molecule is Cn1cccn1.O=C(O)CC(O)(CC(=O)O)C(=O)O. The van der Waals surface area contributed by atoms with Crippen LogP contribution in [0.4, 0.5) is 0 Å². The van der Waals surface area contributed by atoms with Gasteiger partial charge in [0.15, 0.2) is 5.60 Å². The molecule has 0 saturated heterocycles. The van der Waals surface area contributed by atoms with Gasteiger partial charge in [-0.2, -0.15) is 5.10 Å². The van der Waals surface area contributed by atoms with Crippen LogP contribution in [0.2, 0.25) is 0 Å². The van der Waals surface area contributed by atoms with Crippen LogP contribution in [-0.4, -0.2) is 53.7 Å². The highest BCUT2D eigenvalue weighted by molar-refractivity contribution is 5.88. The smallest absolute Gasteiger partial charge is 0.336 e. The average molecular weight is 274 g/mol. The molecule has 0 spiro atoms. The molecule has 0 fully saturated rings. The molecule has 19 heavy (non-hydrogen) atoms. The molecule has 1 aromatic heterocycles. The van der Waals surface area contributed by atoms with Crippen molar-refractivity contribution in [3.63, 3.8) is 0 Å². The molecule has 0 aliphatic carbocycles. The standard InChI is InChI=1S/C6H8O7.C4H6N2/c7-3(8)1-6(13,5(11)12)2-4(9)10;1-6-4-2-3-5-6/h13H,1-2H2,(H,7,8)(H,9,10)(H,11,12);2-4H,1H3. The number of rotatable bonds is 5. The Kier molecular flexibility index (Phi) is 6.21. The molecule has 0 saturated carbocycles. The van der Waals surface area contributed by atoms with Crippen LogP contribution in [-0.2, 0) is 21.4 Å². The zero-order chi connectivity index (χ0) is 15.1. The molecule has 0 atom stereocenters. The maximum absolute atomic E-state index is 10.3. The van der Waals surface area contributed by atoms with Crippen LogP contribution < -0.4 is 0 Å². The minimum Gasteiger partial charge on any atom is -0.481 e. The second-order valence-electron chi connectivity index (χ2n) is 3.66. The Bertz CT molecular complexity index is 425. The van der Waals surface area contributed by atoms with E-state index >= 15 is 0 Å². The van der Waals surface area contributed by atoms with E-state index in [-0.39, 0.29) is 0 Å². The molecule has 0 radical (unpaired) electrons. The summed E-state index contributed by atoms with van der Waals surface area (Å²) in [4.78, 5) is 30.5. The fourth-order valence-corrected chi connectivity index (χ4v) is 1.06. The van der Waals surface area contributed by atoms with Crippen LogP contribution in [0.5, 0.6) is 0 Å². The van der Waals surface area contributed by atoms with E-state index in [2.05, 4.69) is 5.10 Å². The second-order valence-corrected chi connectivity index (χ2v) is 3.66. The molecule has 4 N–H and O–H groups in total. The van der Waals surface area contributed by atoms with Crippen molar-refractivity contribution < 1.29 is 34.8 Å². The first-order valence-corrected chi connectivity index (χ1v) is 5.00. The van der Waals surface area contributed by atoms with Gasteiger partial charge in [0.1, 0.15) is 0 Å². The first-order chi connectivity index (χ1) is 8.67. The third-order valence-electron chi connectivity index (χ3n) is 1.92. The molecule has 106 valence electrons. The molecule has 1 rings (SSSR count). The van der Waals surface area contributed by atoms with Crippen LogP contribution in [0.25, 0.3) is 0 Å². The fourth-order valence-electron chi connectivity index (χ4n) is 1.06. The first-order valence-electron chi connectivity index (χ1n) is 5.00. The van der Waals surface area contributed by atoms with Gasteiger partial charge in [-0.3, -0.25) is 14.3 Å². The number of carboxylic acids is 3. The van der Waals surface area contributed by atoms with Gasteiger partial charge in [0.05, 0.1) is 12.8 Å². The first kappa shape index (κ1) is 16.6. The molecular weight excluding hydrogens is 260 g/mol. The number of carbonyl (C=O) groups is 3. The van der Waals surface area contributed by atoms with Gasteiger partial charge in [-0.25, -0.2) is 4.79 Å². The zero-order valence-electron chi connectivity index (χ0n) is 10.1. The number of aliphatic carboxylic acids is 3. The molecule has 0 aliphatic rings. The summed E-state index contributed by atoms with van der Waals surface area (Å²) in [6.07, 6.45) is 1.35. The number of aryl methyl sites for hydroxylation is 1. The largest absolute Gasteiger partial charge is 0.481 e. The fraction of sp³-hybridized carbons (Fsp3) is 0.400. The van der Waals surface area contributed by atoms with Gasteiger partial charge < -0.3 is 20.4 Å². The Morgan fingerprint density at radius 3 is 1.79 bits per heavy atom. The number of hydrogen-bond acceptors (Lipinski definition) is 5. The van der Waals surface area contributed by atoms with E-state index in [0.29, 0.717) is 0 Å². The van der Waals surface area contributed by atoms with Crippen molar-refractivity contribution in [1.82, 2.24) is 9.78 Å². The van der Waals surface area contributed by atoms with Crippen molar-refractivity contribution in [2.45, 2.75) is 18.4 Å². The number of hydrogen-bond donors (Lipinski definition) is 4. The Hall–Kier alpha value is -2.42. The van der Waals surface area contributed by atoms with E-state index < -0.39 is 36.4 Å². The molecule has 0 aromatic carbocycles. The number of aromatic nitrogens is 2. The third kappa shape index (κ3) is 6.78. The molecule has 0 bridgehead atoms. The summed E-state index contributed by atoms with van der Waals surface area (Å²) in [6, 6.07) is 1.89. The highest BCUT2D eigenvalue weighted by Crippen LogP contribution is 2.15. The molecule has 9 nitrogen and oxygen atoms in total. The minimum absolute atomic E-state index is 1.14. The van der Waals surface area contributed by atoms with Gasteiger partial charge in [0.25, 0.3) is 0 Å². The number of aliphatic hydroxyl groups is 1. The van der Waals surface area contributed by atoms with E-state index in [1.54, 1.807) is 10.9 Å². The Morgan fingerprint density at radius 1 is 1.16 bits per heavy atom. The van der Waals surface area contributed by atoms with Crippen molar-refractivity contribution in [3.05, 3.63) is 18.5 Å². The summed E-state index contributed by atoms with van der Waals surface area (Å²) in [5.41, 5.74) is -2.74. The lowest BCUT2D eigenvalue weighted by atomic mass is 9.96. The summed E-state index contributed by atoms with van der Waals surface area (Å²) in [6.45, 7) is 0. The van der Waals surface area contributed by atoms with Crippen molar-refractivity contribution in [2.24, 2.45) is 7.05 Å². The molecular formula is C10H14N2O7. The highest BCUT2D eigenvalue weighted by atomic mass is 16.4.